The normalized spacial score (nSPS) is 17.8. The highest BCUT2D eigenvalue weighted by Crippen LogP contribution is 2.29. The quantitative estimate of drug-likeness (QED) is 0.868. The summed E-state index contributed by atoms with van der Waals surface area (Å²) >= 11 is 0. The number of cyclic esters (lactones) is 1. The minimum Gasteiger partial charge on any atom is -0.429 e. The molecular formula is C16H14N2O3. The lowest BCUT2D eigenvalue weighted by Gasteiger charge is -2.25. The highest BCUT2D eigenvalue weighted by atomic mass is 16.6. The molecule has 1 atom stereocenters. The van der Waals surface area contributed by atoms with E-state index in [1.807, 2.05) is 36.4 Å². The van der Waals surface area contributed by atoms with Crippen molar-refractivity contribution >= 4 is 17.7 Å². The van der Waals surface area contributed by atoms with E-state index in [1.54, 1.807) is 31.3 Å². The Balaban J connectivity index is 1.88. The number of carbonyl (C=O) groups is 2. The van der Waals surface area contributed by atoms with Gasteiger partial charge >= 0.3 is 6.09 Å². The molecule has 2 amide bonds. The fourth-order valence-corrected chi connectivity index (χ4v) is 2.27. The average Bonchev–Trinajstić information content (AvgIpc) is 2.83. The molecule has 2 aromatic rings. The van der Waals surface area contributed by atoms with Gasteiger partial charge in [-0.15, -0.1) is 5.01 Å². The van der Waals surface area contributed by atoms with Crippen LogP contribution in [-0.4, -0.2) is 24.1 Å². The van der Waals surface area contributed by atoms with Gasteiger partial charge in [0.2, 0.25) is 6.10 Å². The molecule has 1 aliphatic rings. The van der Waals surface area contributed by atoms with Crippen molar-refractivity contribution in [1.29, 1.82) is 0 Å². The van der Waals surface area contributed by atoms with Crippen LogP contribution in [0, 0.1) is 0 Å². The summed E-state index contributed by atoms with van der Waals surface area (Å²) in [6, 6.07) is 18.2. The van der Waals surface area contributed by atoms with Crippen molar-refractivity contribution in [1.82, 2.24) is 5.01 Å². The Labute approximate surface area is 122 Å². The summed E-state index contributed by atoms with van der Waals surface area (Å²) in [5.74, 6) is -0.391. The molecule has 1 unspecified atom stereocenters. The van der Waals surface area contributed by atoms with Gasteiger partial charge in [-0.2, -0.15) is 0 Å². The SMILES string of the molecule is CN(c1ccccc1)N1C(=O)OC(c2ccccc2)C1=O. The van der Waals surface area contributed by atoms with Gasteiger partial charge in [-0.05, 0) is 12.1 Å². The average molecular weight is 282 g/mol. The fourth-order valence-electron chi connectivity index (χ4n) is 2.27. The highest BCUT2D eigenvalue weighted by molar-refractivity contribution is 6.01. The summed E-state index contributed by atoms with van der Waals surface area (Å²) in [6.07, 6.45) is -1.55. The van der Waals surface area contributed by atoms with Crippen molar-refractivity contribution in [3.8, 4) is 0 Å². The minimum atomic E-state index is -0.884. The van der Waals surface area contributed by atoms with E-state index in [-0.39, 0.29) is 0 Å². The van der Waals surface area contributed by atoms with E-state index >= 15 is 0 Å². The second-order valence-corrected chi connectivity index (χ2v) is 4.68. The van der Waals surface area contributed by atoms with Crippen molar-refractivity contribution in [2.24, 2.45) is 0 Å². The molecule has 5 heteroatoms. The zero-order chi connectivity index (χ0) is 14.8. The largest absolute Gasteiger partial charge is 0.437 e. The number of benzene rings is 2. The zero-order valence-electron chi connectivity index (χ0n) is 11.5. The van der Waals surface area contributed by atoms with Gasteiger partial charge in [0.1, 0.15) is 0 Å². The minimum absolute atomic E-state index is 0.391. The van der Waals surface area contributed by atoms with Crippen LogP contribution in [0.3, 0.4) is 0 Å². The number of carbonyl (C=O) groups excluding carboxylic acids is 2. The van der Waals surface area contributed by atoms with Crippen LogP contribution < -0.4 is 5.01 Å². The van der Waals surface area contributed by atoms with Crippen LogP contribution in [0.2, 0.25) is 0 Å². The van der Waals surface area contributed by atoms with Crippen molar-refractivity contribution in [2.75, 3.05) is 12.1 Å². The van der Waals surface area contributed by atoms with Crippen molar-refractivity contribution in [3.63, 3.8) is 0 Å². The maximum absolute atomic E-state index is 12.5. The van der Waals surface area contributed by atoms with Crippen LogP contribution in [-0.2, 0) is 9.53 Å². The molecule has 0 aromatic heterocycles. The smallest absolute Gasteiger partial charge is 0.429 e. The molecule has 5 nitrogen and oxygen atoms in total. The number of hydrogen-bond donors (Lipinski definition) is 0. The molecule has 1 heterocycles. The molecule has 0 saturated carbocycles. The van der Waals surface area contributed by atoms with E-state index in [9.17, 15) is 9.59 Å². The number of ether oxygens (including phenoxy) is 1. The van der Waals surface area contributed by atoms with Gasteiger partial charge in [0.15, 0.2) is 0 Å². The third kappa shape index (κ3) is 2.33. The van der Waals surface area contributed by atoms with Gasteiger partial charge in [-0.3, -0.25) is 9.80 Å². The zero-order valence-corrected chi connectivity index (χ0v) is 11.5. The van der Waals surface area contributed by atoms with Gasteiger partial charge in [-0.25, -0.2) is 4.79 Å². The van der Waals surface area contributed by atoms with Gasteiger partial charge in [-0.1, -0.05) is 48.5 Å². The first-order chi connectivity index (χ1) is 10.2. The summed E-state index contributed by atoms with van der Waals surface area (Å²) in [5, 5.41) is 2.51. The fraction of sp³-hybridized carbons (Fsp3) is 0.125. The molecule has 21 heavy (non-hydrogen) atoms. The number of anilines is 1. The van der Waals surface area contributed by atoms with Crippen molar-refractivity contribution < 1.29 is 14.3 Å². The van der Waals surface area contributed by atoms with Gasteiger partial charge in [0.25, 0.3) is 5.91 Å². The van der Waals surface area contributed by atoms with Gasteiger partial charge in [0, 0.05) is 12.6 Å². The first-order valence-electron chi connectivity index (χ1n) is 6.56. The topological polar surface area (TPSA) is 49.9 Å². The number of imide groups is 1. The summed E-state index contributed by atoms with van der Waals surface area (Å²) in [5.41, 5.74) is 1.40. The predicted molar refractivity (Wildman–Crippen MR) is 77.4 cm³/mol. The van der Waals surface area contributed by atoms with Crippen LogP contribution in [0.5, 0.6) is 0 Å². The maximum Gasteiger partial charge on any atom is 0.437 e. The molecule has 0 N–H and O–H groups in total. The lowest BCUT2D eigenvalue weighted by molar-refractivity contribution is -0.130. The van der Waals surface area contributed by atoms with E-state index in [4.69, 9.17) is 4.74 Å². The van der Waals surface area contributed by atoms with Crippen LogP contribution in [0.15, 0.2) is 60.7 Å². The lowest BCUT2D eigenvalue weighted by atomic mass is 10.1. The molecule has 0 bridgehead atoms. The Morgan fingerprint density at radius 2 is 1.52 bits per heavy atom. The van der Waals surface area contributed by atoms with Gasteiger partial charge in [0.05, 0.1) is 5.69 Å². The Morgan fingerprint density at radius 3 is 2.14 bits per heavy atom. The van der Waals surface area contributed by atoms with Crippen LogP contribution in [0.1, 0.15) is 11.7 Å². The van der Waals surface area contributed by atoms with Gasteiger partial charge < -0.3 is 4.74 Å². The number of para-hydroxylation sites is 1. The Hall–Kier alpha value is -2.82. The maximum atomic E-state index is 12.5. The number of nitrogens with zero attached hydrogens (tertiary/aromatic N) is 2. The molecule has 1 saturated heterocycles. The second kappa shape index (κ2) is 5.28. The van der Waals surface area contributed by atoms with E-state index in [0.717, 1.165) is 10.7 Å². The monoisotopic (exact) mass is 282 g/mol. The molecule has 0 spiro atoms. The molecule has 1 fully saturated rings. The summed E-state index contributed by atoms with van der Waals surface area (Å²) in [7, 11) is 1.65. The number of rotatable bonds is 3. The molecule has 1 aliphatic heterocycles. The first-order valence-corrected chi connectivity index (χ1v) is 6.56. The molecule has 0 aliphatic carbocycles. The van der Waals surface area contributed by atoms with Crippen LogP contribution in [0.25, 0.3) is 0 Å². The third-order valence-electron chi connectivity index (χ3n) is 3.36. The third-order valence-corrected chi connectivity index (χ3v) is 3.36. The number of hydrazine groups is 1. The van der Waals surface area contributed by atoms with E-state index < -0.39 is 18.1 Å². The van der Waals surface area contributed by atoms with Crippen LogP contribution in [0.4, 0.5) is 10.5 Å². The molecule has 106 valence electrons. The standard InChI is InChI=1S/C16H14N2O3/c1-17(13-10-6-3-7-11-13)18-15(19)14(21-16(18)20)12-8-4-2-5-9-12/h2-11,14H,1H3. The van der Waals surface area contributed by atoms with E-state index in [0.29, 0.717) is 5.56 Å². The molecular weight excluding hydrogens is 268 g/mol. The highest BCUT2D eigenvalue weighted by Gasteiger charge is 2.44. The van der Waals surface area contributed by atoms with E-state index in [1.165, 1.54) is 5.01 Å². The van der Waals surface area contributed by atoms with E-state index in [2.05, 4.69) is 0 Å². The first kappa shape index (κ1) is 13.2. The Morgan fingerprint density at radius 1 is 0.952 bits per heavy atom. The van der Waals surface area contributed by atoms with Crippen molar-refractivity contribution in [2.45, 2.75) is 6.10 Å². The van der Waals surface area contributed by atoms with Crippen molar-refractivity contribution in [3.05, 3.63) is 66.2 Å². The van der Waals surface area contributed by atoms with Crippen LogP contribution >= 0.6 is 0 Å². The summed E-state index contributed by atoms with van der Waals surface area (Å²) in [4.78, 5) is 24.5. The summed E-state index contributed by atoms with van der Waals surface area (Å²) < 4.78 is 5.21. The number of amides is 2. The predicted octanol–water partition coefficient (Wildman–Crippen LogP) is 2.76. The molecule has 3 rings (SSSR count). The molecule has 0 radical (unpaired) electrons. The number of hydrogen-bond acceptors (Lipinski definition) is 4. The second-order valence-electron chi connectivity index (χ2n) is 4.68. The molecule has 2 aromatic carbocycles. The Bertz CT molecular complexity index is 658. The lowest BCUT2D eigenvalue weighted by Crippen LogP contribution is -2.43. The Kier molecular flexibility index (Phi) is 3.31. The summed E-state index contributed by atoms with van der Waals surface area (Å²) in [6.45, 7) is 0.